The molecule has 1 N–H and O–H groups in total. The van der Waals surface area contributed by atoms with Crippen molar-refractivity contribution in [1.29, 1.82) is 0 Å². The van der Waals surface area contributed by atoms with Gasteiger partial charge in [0, 0.05) is 29.4 Å². The SMILES string of the molecule is CCC(C)CN(CC)Cc1ccc(CNC)s1. The molecule has 0 fully saturated rings. The van der Waals surface area contributed by atoms with Crippen molar-refractivity contribution in [3.05, 3.63) is 21.9 Å². The topological polar surface area (TPSA) is 15.3 Å². The van der Waals surface area contributed by atoms with Crippen LogP contribution in [0.3, 0.4) is 0 Å². The summed E-state index contributed by atoms with van der Waals surface area (Å²) in [4.78, 5) is 5.46. The zero-order chi connectivity index (χ0) is 12.7. The molecule has 0 saturated carbocycles. The van der Waals surface area contributed by atoms with Crippen molar-refractivity contribution in [2.45, 2.75) is 40.3 Å². The molecule has 0 aromatic carbocycles. The van der Waals surface area contributed by atoms with Gasteiger partial charge in [-0.1, -0.05) is 27.2 Å². The average molecular weight is 254 g/mol. The van der Waals surface area contributed by atoms with Gasteiger partial charge in [0.05, 0.1) is 0 Å². The van der Waals surface area contributed by atoms with E-state index < -0.39 is 0 Å². The first-order chi connectivity index (χ1) is 8.19. The van der Waals surface area contributed by atoms with E-state index in [4.69, 9.17) is 0 Å². The molecule has 0 bridgehead atoms. The van der Waals surface area contributed by atoms with Crippen LogP contribution in [0.1, 0.15) is 36.9 Å². The Balaban J connectivity index is 2.48. The molecule has 0 saturated heterocycles. The van der Waals surface area contributed by atoms with E-state index in [9.17, 15) is 0 Å². The molecular formula is C14H26N2S. The van der Waals surface area contributed by atoms with Gasteiger partial charge in [-0.05, 0) is 31.6 Å². The molecule has 1 aromatic heterocycles. The second-order valence-corrected chi connectivity index (χ2v) is 5.99. The third kappa shape index (κ3) is 5.19. The van der Waals surface area contributed by atoms with Crippen LogP contribution in [0.4, 0.5) is 0 Å². The Morgan fingerprint density at radius 1 is 1.29 bits per heavy atom. The predicted octanol–water partition coefficient (Wildman–Crippen LogP) is 3.34. The molecule has 17 heavy (non-hydrogen) atoms. The van der Waals surface area contributed by atoms with Crippen LogP contribution in [0.5, 0.6) is 0 Å². The minimum atomic E-state index is 0.798. The highest BCUT2D eigenvalue weighted by Crippen LogP contribution is 2.19. The van der Waals surface area contributed by atoms with E-state index in [0.29, 0.717) is 0 Å². The number of nitrogens with zero attached hydrogens (tertiary/aromatic N) is 1. The standard InChI is InChI=1S/C14H26N2S/c1-5-12(3)10-16(6-2)11-14-8-7-13(17-14)9-15-4/h7-8,12,15H,5-6,9-11H2,1-4H3. The first kappa shape index (κ1) is 14.7. The van der Waals surface area contributed by atoms with Crippen LogP contribution in [-0.4, -0.2) is 25.0 Å². The Morgan fingerprint density at radius 2 is 2.00 bits per heavy atom. The lowest BCUT2D eigenvalue weighted by Crippen LogP contribution is -2.27. The number of nitrogens with one attached hydrogen (secondary N) is 1. The van der Waals surface area contributed by atoms with Gasteiger partial charge in [-0.2, -0.15) is 0 Å². The first-order valence-electron chi connectivity index (χ1n) is 6.64. The van der Waals surface area contributed by atoms with Crippen molar-refractivity contribution >= 4 is 11.3 Å². The molecule has 0 aliphatic heterocycles. The van der Waals surface area contributed by atoms with Crippen LogP contribution in [-0.2, 0) is 13.1 Å². The summed E-state index contributed by atoms with van der Waals surface area (Å²) in [5.74, 6) is 0.798. The number of hydrogen-bond acceptors (Lipinski definition) is 3. The minimum absolute atomic E-state index is 0.798. The average Bonchev–Trinajstić information content (AvgIpc) is 2.76. The maximum atomic E-state index is 3.20. The Kier molecular flexibility index (Phi) is 6.78. The lowest BCUT2D eigenvalue weighted by molar-refractivity contribution is 0.240. The molecule has 0 aliphatic rings. The summed E-state index contributed by atoms with van der Waals surface area (Å²) in [6, 6.07) is 4.52. The van der Waals surface area contributed by atoms with Crippen LogP contribution in [0.15, 0.2) is 12.1 Å². The van der Waals surface area contributed by atoms with Crippen molar-refractivity contribution in [2.75, 3.05) is 20.1 Å². The summed E-state index contributed by atoms with van der Waals surface area (Å²) in [6.07, 6.45) is 1.27. The zero-order valence-electron chi connectivity index (χ0n) is 11.6. The second kappa shape index (κ2) is 7.85. The van der Waals surface area contributed by atoms with E-state index >= 15 is 0 Å². The fourth-order valence-electron chi connectivity index (χ4n) is 1.87. The van der Waals surface area contributed by atoms with E-state index in [1.807, 2.05) is 18.4 Å². The molecular weight excluding hydrogens is 228 g/mol. The van der Waals surface area contributed by atoms with Gasteiger partial charge in [-0.25, -0.2) is 0 Å². The molecule has 1 aromatic rings. The van der Waals surface area contributed by atoms with Crippen LogP contribution in [0, 0.1) is 5.92 Å². The predicted molar refractivity (Wildman–Crippen MR) is 77.5 cm³/mol. The Hall–Kier alpha value is -0.380. The highest BCUT2D eigenvalue weighted by Gasteiger charge is 2.09. The van der Waals surface area contributed by atoms with E-state index in [1.165, 1.54) is 22.7 Å². The van der Waals surface area contributed by atoms with Crippen molar-refractivity contribution in [3.63, 3.8) is 0 Å². The minimum Gasteiger partial charge on any atom is -0.315 e. The summed E-state index contributed by atoms with van der Waals surface area (Å²) < 4.78 is 0. The van der Waals surface area contributed by atoms with Crippen LogP contribution < -0.4 is 5.32 Å². The maximum absolute atomic E-state index is 3.20. The number of thiophene rings is 1. The summed E-state index contributed by atoms with van der Waals surface area (Å²) in [5, 5.41) is 3.20. The van der Waals surface area contributed by atoms with Crippen molar-refractivity contribution < 1.29 is 0 Å². The molecule has 1 unspecified atom stereocenters. The number of rotatable bonds is 8. The first-order valence-corrected chi connectivity index (χ1v) is 7.45. The largest absolute Gasteiger partial charge is 0.315 e. The lowest BCUT2D eigenvalue weighted by atomic mass is 10.1. The zero-order valence-corrected chi connectivity index (χ0v) is 12.4. The molecule has 1 heterocycles. The van der Waals surface area contributed by atoms with Crippen LogP contribution in [0.25, 0.3) is 0 Å². The van der Waals surface area contributed by atoms with Gasteiger partial charge in [-0.3, -0.25) is 4.90 Å². The van der Waals surface area contributed by atoms with Crippen molar-refractivity contribution in [2.24, 2.45) is 5.92 Å². The maximum Gasteiger partial charge on any atom is 0.0328 e. The van der Waals surface area contributed by atoms with Crippen LogP contribution >= 0.6 is 11.3 Å². The smallest absolute Gasteiger partial charge is 0.0328 e. The summed E-state index contributed by atoms with van der Waals surface area (Å²) in [5.41, 5.74) is 0. The van der Waals surface area contributed by atoms with E-state index in [1.54, 1.807) is 0 Å². The fraction of sp³-hybridized carbons (Fsp3) is 0.714. The Morgan fingerprint density at radius 3 is 2.59 bits per heavy atom. The van der Waals surface area contributed by atoms with Gasteiger partial charge >= 0.3 is 0 Å². The summed E-state index contributed by atoms with van der Waals surface area (Å²) >= 11 is 1.93. The molecule has 1 atom stereocenters. The third-order valence-electron chi connectivity index (χ3n) is 3.16. The van der Waals surface area contributed by atoms with E-state index in [-0.39, 0.29) is 0 Å². The monoisotopic (exact) mass is 254 g/mol. The molecule has 98 valence electrons. The molecule has 0 radical (unpaired) electrons. The Labute approximate surface area is 110 Å². The Bertz CT molecular complexity index is 309. The summed E-state index contributed by atoms with van der Waals surface area (Å²) in [6.45, 7) is 11.3. The normalized spacial score (nSPS) is 13.2. The van der Waals surface area contributed by atoms with Crippen molar-refractivity contribution in [3.8, 4) is 0 Å². The van der Waals surface area contributed by atoms with E-state index in [2.05, 4.69) is 43.1 Å². The van der Waals surface area contributed by atoms with Gasteiger partial charge in [-0.15, -0.1) is 11.3 Å². The molecule has 2 nitrogen and oxygen atoms in total. The van der Waals surface area contributed by atoms with Gasteiger partial charge in [0.1, 0.15) is 0 Å². The molecule has 3 heteroatoms. The van der Waals surface area contributed by atoms with Gasteiger partial charge < -0.3 is 5.32 Å². The molecule has 0 aliphatic carbocycles. The molecule has 1 rings (SSSR count). The highest BCUT2D eigenvalue weighted by atomic mass is 32.1. The molecule has 0 amide bonds. The summed E-state index contributed by atoms with van der Waals surface area (Å²) in [7, 11) is 2.00. The molecule has 0 spiro atoms. The lowest BCUT2D eigenvalue weighted by Gasteiger charge is -2.22. The highest BCUT2D eigenvalue weighted by molar-refractivity contribution is 7.11. The van der Waals surface area contributed by atoms with E-state index in [0.717, 1.165) is 25.6 Å². The van der Waals surface area contributed by atoms with Crippen molar-refractivity contribution in [1.82, 2.24) is 10.2 Å². The van der Waals surface area contributed by atoms with Gasteiger partial charge in [0.15, 0.2) is 0 Å². The van der Waals surface area contributed by atoms with Crippen LogP contribution in [0.2, 0.25) is 0 Å². The second-order valence-electron chi connectivity index (χ2n) is 4.74. The third-order valence-corrected chi connectivity index (χ3v) is 4.23. The van der Waals surface area contributed by atoms with Gasteiger partial charge in [0.25, 0.3) is 0 Å². The fourth-order valence-corrected chi connectivity index (χ4v) is 2.94. The quantitative estimate of drug-likeness (QED) is 0.765. The van der Waals surface area contributed by atoms with Gasteiger partial charge in [0.2, 0.25) is 0 Å². The number of hydrogen-bond donors (Lipinski definition) is 1.